The highest BCUT2D eigenvalue weighted by Crippen LogP contribution is 2.69. The lowest BCUT2D eigenvalue weighted by Crippen LogP contribution is -2.79. The van der Waals surface area contributed by atoms with E-state index in [2.05, 4.69) is 9.80 Å². The summed E-state index contributed by atoms with van der Waals surface area (Å²) in [6, 6.07) is 1.76. The van der Waals surface area contributed by atoms with Crippen LogP contribution in [-0.2, 0) is 0 Å². The Morgan fingerprint density at radius 1 is 0.250 bits per heavy atom. The molecule has 0 aliphatic heterocycles. The Morgan fingerprint density at radius 3 is 0.583 bits per heavy atom. The molecule has 0 N–H and O–H groups in total. The first-order valence-electron chi connectivity index (χ1n) is 23.0. The van der Waals surface area contributed by atoms with Crippen LogP contribution in [-0.4, -0.2) is 44.0 Å². The Kier molecular flexibility index (Phi) is 6.07. The average molecular weight is 651 g/mol. The Balaban J connectivity index is 0.978. The number of hydrogen-bond acceptors (Lipinski definition) is 2. The quantitative estimate of drug-likeness (QED) is 0.282. The monoisotopic (exact) mass is 651 g/mol. The normalized spacial score (nSPS) is 62.6. The van der Waals surface area contributed by atoms with E-state index in [0.29, 0.717) is 22.2 Å². The maximum Gasteiger partial charge on any atom is 0.0263 e. The molecule has 48 heavy (non-hydrogen) atoms. The minimum absolute atomic E-state index is 0.579. The highest BCUT2D eigenvalue weighted by Gasteiger charge is 2.68. The van der Waals surface area contributed by atoms with Crippen LogP contribution in [0.5, 0.6) is 0 Å². The zero-order chi connectivity index (χ0) is 31.0. The predicted octanol–water partition coefficient (Wildman–Crippen LogP) is 10.8. The lowest BCUT2D eigenvalue weighted by Gasteiger charge is -2.74. The van der Waals surface area contributed by atoms with Gasteiger partial charge in [-0.3, -0.25) is 9.80 Å². The van der Waals surface area contributed by atoms with Crippen molar-refractivity contribution in [2.45, 2.75) is 214 Å². The van der Waals surface area contributed by atoms with E-state index in [4.69, 9.17) is 0 Å². The van der Waals surface area contributed by atoms with Crippen molar-refractivity contribution in [1.82, 2.24) is 9.80 Å². The van der Waals surface area contributed by atoms with Gasteiger partial charge < -0.3 is 0 Å². The second kappa shape index (κ2) is 9.91. The van der Waals surface area contributed by atoms with Gasteiger partial charge in [-0.2, -0.15) is 0 Å². The molecule has 0 spiro atoms. The standard InChI is InChI=1S/C46H70N2/c1-2-4-42(48(45-23-35-11-36(24-45)13-37(12-35)25-45)46-26-38-14-39(27-46)16-40(15-38)28-46)41(3-1)47(43-17-29-5-30(18-43)7-31(6-29)19-43)44-20-32-8-33(21-44)10-34(9-32)22-44/h29-42H,1-28H2. The molecule has 0 aromatic heterocycles. The van der Waals surface area contributed by atoms with Crippen LogP contribution in [0.4, 0.5) is 0 Å². The summed E-state index contributed by atoms with van der Waals surface area (Å²) in [4.78, 5) is 7.46. The first-order valence-corrected chi connectivity index (χ1v) is 23.0. The molecule has 2 heteroatoms. The summed E-state index contributed by atoms with van der Waals surface area (Å²) in [5.74, 6) is 13.0. The Bertz CT molecular complexity index is 996. The van der Waals surface area contributed by atoms with Crippen LogP contribution < -0.4 is 0 Å². The second-order valence-electron chi connectivity index (χ2n) is 23.7. The van der Waals surface area contributed by atoms with Crippen LogP contribution in [0.2, 0.25) is 0 Å². The van der Waals surface area contributed by atoms with Crippen molar-refractivity contribution in [3.05, 3.63) is 0 Å². The SMILES string of the molecule is C1CCC(N(C23CC4CC(CC(C4)C2)C3)C23CC4CC(CC(C4)C2)C3)C(N(C23CC4CC(CC(C4)C2)C3)C23CC4CC(CC(C4)C2)C3)C1. The van der Waals surface area contributed by atoms with Gasteiger partial charge in [0.05, 0.1) is 0 Å². The molecule has 17 aliphatic carbocycles. The summed E-state index contributed by atoms with van der Waals surface area (Å²) < 4.78 is 0. The maximum absolute atomic E-state index is 3.73. The average Bonchev–Trinajstić information content (AvgIpc) is 2.99. The molecule has 0 saturated heterocycles. The summed E-state index contributed by atoms with van der Waals surface area (Å²) >= 11 is 0. The van der Waals surface area contributed by atoms with Crippen molar-refractivity contribution < 1.29 is 0 Å². The minimum Gasteiger partial charge on any atom is -0.287 e. The van der Waals surface area contributed by atoms with E-state index in [1.54, 1.807) is 180 Å². The smallest absolute Gasteiger partial charge is 0.0263 e. The van der Waals surface area contributed by atoms with Gasteiger partial charge in [-0.15, -0.1) is 0 Å². The van der Waals surface area contributed by atoms with Crippen molar-refractivity contribution in [2.75, 3.05) is 0 Å². The van der Waals surface area contributed by atoms with Gasteiger partial charge in [-0.1, -0.05) is 12.8 Å². The van der Waals surface area contributed by atoms with Crippen LogP contribution in [0, 0.1) is 71.0 Å². The molecule has 17 saturated carbocycles. The number of rotatable bonds is 6. The van der Waals surface area contributed by atoms with Crippen LogP contribution in [0.25, 0.3) is 0 Å². The topological polar surface area (TPSA) is 6.48 Å². The fourth-order valence-electron chi connectivity index (χ4n) is 21.5. The van der Waals surface area contributed by atoms with E-state index in [0.717, 1.165) is 83.1 Å². The maximum atomic E-state index is 3.73. The highest BCUT2D eigenvalue weighted by molar-refractivity contribution is 5.22. The molecule has 2 atom stereocenters. The summed E-state index contributed by atoms with van der Waals surface area (Å²) in [7, 11) is 0. The molecule has 2 nitrogen and oxygen atoms in total. The molecule has 0 radical (unpaired) electrons. The summed E-state index contributed by atoms with van der Waals surface area (Å²) in [6.07, 6.45) is 45.2. The van der Waals surface area contributed by atoms with Crippen molar-refractivity contribution in [2.24, 2.45) is 71.0 Å². The molecule has 0 aromatic rings. The molecule has 264 valence electrons. The van der Waals surface area contributed by atoms with Crippen molar-refractivity contribution in [3.63, 3.8) is 0 Å². The molecule has 17 fully saturated rings. The number of hydrogen-bond donors (Lipinski definition) is 0. The molecule has 0 amide bonds. The lowest BCUT2D eigenvalue weighted by atomic mass is 9.47. The third-order valence-corrected chi connectivity index (χ3v) is 20.4. The largest absolute Gasteiger partial charge is 0.287 e. The van der Waals surface area contributed by atoms with E-state index in [-0.39, 0.29) is 0 Å². The fraction of sp³-hybridized carbons (Fsp3) is 1.00. The molecular formula is C46H70N2. The Labute approximate surface area is 294 Å². The molecule has 2 unspecified atom stereocenters. The van der Waals surface area contributed by atoms with Crippen LogP contribution in [0.3, 0.4) is 0 Å². The lowest BCUT2D eigenvalue weighted by molar-refractivity contribution is -0.239. The molecule has 0 heterocycles. The molecule has 16 bridgehead atoms. The van der Waals surface area contributed by atoms with Gasteiger partial charge >= 0.3 is 0 Å². The molecule has 0 aromatic carbocycles. The predicted molar refractivity (Wildman–Crippen MR) is 193 cm³/mol. The third kappa shape index (κ3) is 4.07. The van der Waals surface area contributed by atoms with E-state index < -0.39 is 0 Å². The van der Waals surface area contributed by atoms with Gasteiger partial charge in [-0.05, 0) is 238 Å². The van der Waals surface area contributed by atoms with Crippen LogP contribution in [0.15, 0.2) is 0 Å². The van der Waals surface area contributed by atoms with Gasteiger partial charge in [0, 0.05) is 34.2 Å². The number of nitrogens with zero attached hydrogens (tertiary/aromatic N) is 2. The van der Waals surface area contributed by atoms with E-state index >= 15 is 0 Å². The Morgan fingerprint density at radius 2 is 0.417 bits per heavy atom. The van der Waals surface area contributed by atoms with Crippen LogP contribution in [0.1, 0.15) is 180 Å². The fourth-order valence-corrected chi connectivity index (χ4v) is 21.5. The zero-order valence-electron chi connectivity index (χ0n) is 30.8. The van der Waals surface area contributed by atoms with Gasteiger partial charge in [0.2, 0.25) is 0 Å². The summed E-state index contributed by atoms with van der Waals surface area (Å²) in [5.41, 5.74) is 2.31. The highest BCUT2D eigenvalue weighted by atomic mass is 15.4. The van der Waals surface area contributed by atoms with Crippen molar-refractivity contribution >= 4 is 0 Å². The minimum atomic E-state index is 0.579. The zero-order valence-corrected chi connectivity index (χ0v) is 30.8. The first kappa shape index (κ1) is 29.4. The van der Waals surface area contributed by atoms with Gasteiger partial charge in [-0.25, -0.2) is 0 Å². The van der Waals surface area contributed by atoms with E-state index in [1.807, 2.05) is 0 Å². The molecule has 17 aliphatic rings. The molecular weight excluding hydrogens is 581 g/mol. The van der Waals surface area contributed by atoms with Gasteiger partial charge in [0.15, 0.2) is 0 Å². The summed E-state index contributed by atoms with van der Waals surface area (Å²) in [6.45, 7) is 0. The molecule has 17 rings (SSSR count). The van der Waals surface area contributed by atoms with E-state index in [1.165, 1.54) is 0 Å². The second-order valence-corrected chi connectivity index (χ2v) is 23.7. The Hall–Kier alpha value is -0.0800. The van der Waals surface area contributed by atoms with Crippen molar-refractivity contribution in [3.8, 4) is 0 Å². The van der Waals surface area contributed by atoms with Gasteiger partial charge in [0.1, 0.15) is 0 Å². The van der Waals surface area contributed by atoms with Gasteiger partial charge in [0.25, 0.3) is 0 Å². The third-order valence-electron chi connectivity index (χ3n) is 20.4. The van der Waals surface area contributed by atoms with Crippen molar-refractivity contribution in [1.29, 1.82) is 0 Å². The van der Waals surface area contributed by atoms with E-state index in [9.17, 15) is 0 Å². The van der Waals surface area contributed by atoms with Crippen LogP contribution >= 0.6 is 0 Å². The summed E-state index contributed by atoms with van der Waals surface area (Å²) in [5, 5.41) is 0. The first-order chi connectivity index (χ1) is 23.4.